The first-order chi connectivity index (χ1) is 6.54. The fourth-order valence-corrected chi connectivity index (χ4v) is 1.62. The first kappa shape index (κ1) is 10.6. The molecule has 0 aromatic heterocycles. The molecular formula is C12H14N2. The van der Waals surface area contributed by atoms with Crippen LogP contribution in [-0.2, 0) is 0 Å². The molecule has 1 aromatic carbocycles. The molecule has 0 saturated heterocycles. The number of rotatable bonds is 2. The summed E-state index contributed by atoms with van der Waals surface area (Å²) in [6, 6.07) is 0. The second kappa shape index (κ2) is 3.74. The Morgan fingerprint density at radius 2 is 0.929 bits per heavy atom. The highest BCUT2D eigenvalue weighted by atomic mass is 14.4. The van der Waals surface area contributed by atoms with E-state index in [4.69, 9.17) is 10.8 Å². The molecular weight excluding hydrogens is 172 g/mol. The maximum absolute atomic E-state index is 7.22. The van der Waals surface area contributed by atoms with Gasteiger partial charge in [-0.05, 0) is 49.9 Å². The van der Waals surface area contributed by atoms with Crippen LogP contribution in [0.4, 0.5) is 0 Å². The van der Waals surface area contributed by atoms with Crippen LogP contribution in [0, 0.1) is 38.5 Å². The number of benzene rings is 1. The molecule has 0 heterocycles. The maximum Gasteiger partial charge on any atom is 0.0877 e. The first-order valence-corrected chi connectivity index (χ1v) is 4.50. The largest absolute Gasteiger partial charge is 0.298 e. The highest BCUT2D eigenvalue weighted by Gasteiger charge is 2.12. The van der Waals surface area contributed by atoms with E-state index >= 15 is 0 Å². The van der Waals surface area contributed by atoms with Gasteiger partial charge in [0, 0.05) is 11.1 Å². The van der Waals surface area contributed by atoms with Gasteiger partial charge in [-0.25, -0.2) is 0 Å². The molecule has 1 rings (SSSR count). The van der Waals surface area contributed by atoms with Crippen LogP contribution in [0.25, 0.3) is 0 Å². The Hall–Kier alpha value is -1.44. The summed E-state index contributed by atoms with van der Waals surface area (Å²) in [5.41, 5.74) is 5.80. The Balaban J connectivity index is 3.73. The zero-order valence-electron chi connectivity index (χ0n) is 9.00. The summed E-state index contributed by atoms with van der Waals surface area (Å²) >= 11 is 0. The minimum Gasteiger partial charge on any atom is -0.298 e. The molecule has 0 amide bonds. The van der Waals surface area contributed by atoms with Gasteiger partial charge in [-0.3, -0.25) is 10.8 Å². The summed E-state index contributed by atoms with van der Waals surface area (Å²) in [4.78, 5) is 0. The Kier molecular flexibility index (Phi) is 2.84. The van der Waals surface area contributed by atoms with Crippen LogP contribution in [0.15, 0.2) is 0 Å². The van der Waals surface area contributed by atoms with Crippen LogP contribution in [0.2, 0.25) is 0 Å². The summed E-state index contributed by atoms with van der Waals surface area (Å²) in [6.45, 7) is 7.98. The van der Waals surface area contributed by atoms with Gasteiger partial charge >= 0.3 is 0 Å². The molecule has 0 atom stereocenters. The second-order valence-corrected chi connectivity index (χ2v) is 3.50. The van der Waals surface area contributed by atoms with Gasteiger partial charge in [-0.2, -0.15) is 0 Å². The molecule has 2 heteroatoms. The normalized spacial score (nSPS) is 10.0. The van der Waals surface area contributed by atoms with Crippen LogP contribution in [0.1, 0.15) is 33.4 Å². The zero-order chi connectivity index (χ0) is 10.9. The summed E-state index contributed by atoms with van der Waals surface area (Å²) in [5.74, 6) is 0. The topological polar surface area (TPSA) is 47.7 Å². The SMILES string of the molecule is Cc1c(C)c(C)c([C]=N)c([C]=N)c1C. The molecule has 0 aliphatic heterocycles. The average molecular weight is 186 g/mol. The van der Waals surface area contributed by atoms with Crippen molar-refractivity contribution in [1.82, 2.24) is 0 Å². The molecule has 1 aromatic rings. The molecule has 0 aliphatic carbocycles. The lowest BCUT2D eigenvalue weighted by atomic mass is 9.90. The lowest BCUT2D eigenvalue weighted by Gasteiger charge is -2.14. The van der Waals surface area contributed by atoms with E-state index in [9.17, 15) is 0 Å². The zero-order valence-corrected chi connectivity index (χ0v) is 9.00. The highest BCUT2D eigenvalue weighted by Crippen LogP contribution is 2.23. The number of nitrogens with one attached hydrogen (secondary N) is 2. The van der Waals surface area contributed by atoms with Crippen molar-refractivity contribution in [3.8, 4) is 0 Å². The van der Waals surface area contributed by atoms with Crippen LogP contribution in [0.5, 0.6) is 0 Å². The van der Waals surface area contributed by atoms with Crippen molar-refractivity contribution in [3.05, 3.63) is 33.4 Å². The average Bonchev–Trinajstić information content (AvgIpc) is 2.20. The fraction of sp³-hybridized carbons (Fsp3) is 0.333. The third-order valence-corrected chi connectivity index (χ3v) is 2.94. The van der Waals surface area contributed by atoms with Gasteiger partial charge in [0.2, 0.25) is 0 Å². The molecule has 0 unspecified atom stereocenters. The van der Waals surface area contributed by atoms with E-state index in [-0.39, 0.29) is 0 Å². The lowest BCUT2D eigenvalue weighted by Crippen LogP contribution is -2.04. The molecule has 0 aliphatic rings. The first-order valence-electron chi connectivity index (χ1n) is 4.50. The third kappa shape index (κ3) is 1.37. The Morgan fingerprint density at radius 3 is 1.14 bits per heavy atom. The summed E-state index contributed by atoms with van der Waals surface area (Å²) < 4.78 is 0. The van der Waals surface area contributed by atoms with Crippen molar-refractivity contribution in [1.29, 1.82) is 10.8 Å². The van der Waals surface area contributed by atoms with E-state index in [1.165, 1.54) is 11.1 Å². The molecule has 2 nitrogen and oxygen atoms in total. The summed E-state index contributed by atoms with van der Waals surface area (Å²) in [5, 5.41) is 14.4. The van der Waals surface area contributed by atoms with E-state index in [0.717, 1.165) is 11.1 Å². The molecule has 0 fully saturated rings. The molecule has 2 N–H and O–H groups in total. The smallest absolute Gasteiger partial charge is 0.0877 e. The fourth-order valence-electron chi connectivity index (χ4n) is 1.62. The number of hydrogen-bond donors (Lipinski definition) is 2. The lowest BCUT2D eigenvalue weighted by molar-refractivity contribution is 1.20. The van der Waals surface area contributed by atoms with Crippen molar-refractivity contribution >= 4 is 12.4 Å². The van der Waals surface area contributed by atoms with Gasteiger partial charge < -0.3 is 0 Å². The predicted octanol–water partition coefficient (Wildman–Crippen LogP) is 2.67. The predicted molar refractivity (Wildman–Crippen MR) is 59.0 cm³/mol. The Bertz CT molecular complexity index is 365. The Morgan fingerprint density at radius 1 is 0.643 bits per heavy atom. The van der Waals surface area contributed by atoms with E-state index in [1.54, 1.807) is 0 Å². The van der Waals surface area contributed by atoms with Crippen LogP contribution in [-0.4, -0.2) is 12.4 Å². The molecule has 2 radical (unpaired) electrons. The van der Waals surface area contributed by atoms with Crippen molar-refractivity contribution in [2.24, 2.45) is 0 Å². The monoisotopic (exact) mass is 186 g/mol. The minimum atomic E-state index is 0.695. The van der Waals surface area contributed by atoms with Gasteiger partial charge in [0.25, 0.3) is 0 Å². The van der Waals surface area contributed by atoms with E-state index in [2.05, 4.69) is 12.4 Å². The molecule has 0 bridgehead atoms. The molecule has 72 valence electrons. The van der Waals surface area contributed by atoms with Gasteiger partial charge in [0.05, 0.1) is 12.4 Å². The second-order valence-electron chi connectivity index (χ2n) is 3.50. The number of hydrogen-bond acceptors (Lipinski definition) is 2. The molecule has 14 heavy (non-hydrogen) atoms. The van der Waals surface area contributed by atoms with Gasteiger partial charge in [0.15, 0.2) is 0 Å². The van der Waals surface area contributed by atoms with E-state index in [1.807, 2.05) is 27.7 Å². The van der Waals surface area contributed by atoms with E-state index < -0.39 is 0 Å². The van der Waals surface area contributed by atoms with Gasteiger partial charge in [0.1, 0.15) is 0 Å². The Labute approximate surface area is 85.0 Å². The van der Waals surface area contributed by atoms with Crippen molar-refractivity contribution in [2.75, 3.05) is 0 Å². The van der Waals surface area contributed by atoms with Gasteiger partial charge in [-0.1, -0.05) is 0 Å². The van der Waals surface area contributed by atoms with Crippen molar-refractivity contribution < 1.29 is 0 Å². The molecule has 0 saturated carbocycles. The maximum atomic E-state index is 7.22. The van der Waals surface area contributed by atoms with Crippen LogP contribution < -0.4 is 0 Å². The minimum absolute atomic E-state index is 0.695. The summed E-state index contributed by atoms with van der Waals surface area (Å²) in [6.07, 6.45) is 4.78. The van der Waals surface area contributed by atoms with Crippen LogP contribution >= 0.6 is 0 Å². The van der Waals surface area contributed by atoms with Crippen molar-refractivity contribution in [2.45, 2.75) is 27.7 Å². The highest BCUT2D eigenvalue weighted by molar-refractivity contribution is 5.95. The van der Waals surface area contributed by atoms with E-state index in [0.29, 0.717) is 11.1 Å². The van der Waals surface area contributed by atoms with Crippen LogP contribution in [0.3, 0.4) is 0 Å². The quantitative estimate of drug-likeness (QED) is 0.667. The molecule has 0 spiro atoms. The standard InChI is InChI=1S/C12H14N2/c1-7-8(2)10(4)12(6-14)11(5-13)9(7)3/h13-14H,1-4H3. The third-order valence-electron chi connectivity index (χ3n) is 2.94. The van der Waals surface area contributed by atoms with Crippen molar-refractivity contribution in [3.63, 3.8) is 0 Å². The van der Waals surface area contributed by atoms with Gasteiger partial charge in [-0.15, -0.1) is 0 Å². The summed E-state index contributed by atoms with van der Waals surface area (Å²) in [7, 11) is 0.